The smallest absolute Gasteiger partial charge is 0.270 e. The number of benzene rings is 1. The van der Waals surface area contributed by atoms with Crippen LogP contribution in [0, 0.1) is 5.82 Å². The first-order valence-electron chi connectivity index (χ1n) is 4.57. The molecule has 0 aliphatic rings. The SMILES string of the molecule is Cn1nnc(NC(=O)c2c(F)cccc2Br)n1. The number of nitrogens with one attached hydrogen (secondary N) is 1. The topological polar surface area (TPSA) is 72.7 Å². The normalized spacial score (nSPS) is 10.3. The maximum Gasteiger partial charge on any atom is 0.270 e. The monoisotopic (exact) mass is 299 g/mol. The van der Waals surface area contributed by atoms with Crippen molar-refractivity contribution >= 4 is 27.8 Å². The minimum Gasteiger partial charge on any atom is -0.288 e. The van der Waals surface area contributed by atoms with Crippen LogP contribution < -0.4 is 5.32 Å². The Morgan fingerprint density at radius 3 is 2.88 bits per heavy atom. The third-order valence-corrected chi connectivity index (χ3v) is 2.58. The van der Waals surface area contributed by atoms with E-state index in [9.17, 15) is 9.18 Å². The number of carbonyl (C=O) groups excluding carboxylic acids is 1. The summed E-state index contributed by atoms with van der Waals surface area (Å²) in [4.78, 5) is 13.0. The van der Waals surface area contributed by atoms with Crippen molar-refractivity contribution in [2.75, 3.05) is 5.32 Å². The highest BCUT2D eigenvalue weighted by Crippen LogP contribution is 2.20. The molecule has 0 saturated heterocycles. The quantitative estimate of drug-likeness (QED) is 0.909. The van der Waals surface area contributed by atoms with Gasteiger partial charge >= 0.3 is 0 Å². The summed E-state index contributed by atoms with van der Waals surface area (Å²) in [6, 6.07) is 4.27. The van der Waals surface area contributed by atoms with E-state index in [4.69, 9.17) is 0 Å². The summed E-state index contributed by atoms with van der Waals surface area (Å²) in [6.45, 7) is 0. The maximum absolute atomic E-state index is 13.5. The van der Waals surface area contributed by atoms with Crippen molar-refractivity contribution in [2.24, 2.45) is 7.05 Å². The molecule has 0 aliphatic carbocycles. The first-order chi connectivity index (χ1) is 8.08. The molecule has 6 nitrogen and oxygen atoms in total. The Bertz CT molecular complexity index is 550. The molecule has 0 unspecified atom stereocenters. The van der Waals surface area contributed by atoms with E-state index < -0.39 is 11.7 Å². The van der Waals surface area contributed by atoms with Crippen molar-refractivity contribution in [2.45, 2.75) is 0 Å². The third kappa shape index (κ3) is 2.47. The zero-order valence-corrected chi connectivity index (χ0v) is 10.3. The van der Waals surface area contributed by atoms with E-state index in [-0.39, 0.29) is 11.5 Å². The van der Waals surface area contributed by atoms with Crippen LogP contribution in [0.1, 0.15) is 10.4 Å². The van der Waals surface area contributed by atoms with E-state index in [1.807, 2.05) is 0 Å². The number of hydrogen-bond donors (Lipinski definition) is 1. The number of tetrazole rings is 1. The molecule has 0 radical (unpaired) electrons. The van der Waals surface area contributed by atoms with Crippen LogP contribution in [0.2, 0.25) is 0 Å². The summed E-state index contributed by atoms with van der Waals surface area (Å²) in [7, 11) is 1.56. The molecule has 0 aliphatic heterocycles. The molecular weight excluding hydrogens is 293 g/mol. The van der Waals surface area contributed by atoms with Gasteiger partial charge in [-0.1, -0.05) is 11.2 Å². The number of amides is 1. The molecule has 2 aromatic rings. The first kappa shape index (κ1) is 11.6. The molecule has 0 bridgehead atoms. The van der Waals surface area contributed by atoms with Crippen LogP contribution in [0.15, 0.2) is 22.7 Å². The zero-order chi connectivity index (χ0) is 12.4. The second-order valence-corrected chi connectivity index (χ2v) is 4.01. The zero-order valence-electron chi connectivity index (χ0n) is 8.69. The van der Waals surface area contributed by atoms with Gasteiger partial charge in [0, 0.05) is 4.47 Å². The fourth-order valence-corrected chi connectivity index (χ4v) is 1.74. The molecule has 1 N–H and O–H groups in total. The van der Waals surface area contributed by atoms with Crippen molar-refractivity contribution in [3.05, 3.63) is 34.1 Å². The molecule has 0 fully saturated rings. The molecule has 0 spiro atoms. The Balaban J connectivity index is 2.26. The lowest BCUT2D eigenvalue weighted by molar-refractivity contribution is 0.102. The Morgan fingerprint density at radius 2 is 2.29 bits per heavy atom. The van der Waals surface area contributed by atoms with Gasteiger partial charge in [-0.05, 0) is 33.3 Å². The Labute approximate surface area is 104 Å². The van der Waals surface area contributed by atoms with Crippen molar-refractivity contribution in [1.82, 2.24) is 20.2 Å². The average molecular weight is 300 g/mol. The Kier molecular flexibility index (Phi) is 3.14. The van der Waals surface area contributed by atoms with Crippen LogP contribution in [0.25, 0.3) is 0 Å². The van der Waals surface area contributed by atoms with E-state index in [0.717, 1.165) is 0 Å². The fraction of sp³-hybridized carbons (Fsp3) is 0.111. The molecule has 0 atom stereocenters. The van der Waals surface area contributed by atoms with E-state index in [1.165, 1.54) is 16.9 Å². The summed E-state index contributed by atoms with van der Waals surface area (Å²) in [5.74, 6) is -1.24. The fourth-order valence-electron chi connectivity index (χ4n) is 1.21. The second kappa shape index (κ2) is 4.58. The minimum atomic E-state index is -0.636. The average Bonchev–Trinajstić information content (AvgIpc) is 2.63. The maximum atomic E-state index is 13.5. The highest BCUT2D eigenvalue weighted by molar-refractivity contribution is 9.10. The highest BCUT2D eigenvalue weighted by atomic mass is 79.9. The summed E-state index contributed by atoms with van der Waals surface area (Å²) in [6.07, 6.45) is 0. The van der Waals surface area contributed by atoms with Crippen molar-refractivity contribution in [3.63, 3.8) is 0 Å². The number of hydrogen-bond acceptors (Lipinski definition) is 4. The third-order valence-electron chi connectivity index (χ3n) is 1.92. The molecule has 1 heterocycles. The largest absolute Gasteiger partial charge is 0.288 e. The van der Waals surface area contributed by atoms with E-state index in [0.29, 0.717) is 4.47 Å². The molecule has 17 heavy (non-hydrogen) atoms. The summed E-state index contributed by atoms with van der Waals surface area (Å²) in [5, 5.41) is 13.2. The van der Waals surface area contributed by atoms with Gasteiger partial charge in [-0.25, -0.2) is 4.39 Å². The molecule has 2 rings (SSSR count). The van der Waals surface area contributed by atoms with Gasteiger partial charge in [-0.3, -0.25) is 10.1 Å². The van der Waals surface area contributed by atoms with Gasteiger partial charge in [0.15, 0.2) is 0 Å². The van der Waals surface area contributed by atoms with Gasteiger partial charge in [0.1, 0.15) is 5.82 Å². The van der Waals surface area contributed by atoms with E-state index >= 15 is 0 Å². The van der Waals surface area contributed by atoms with Crippen LogP contribution in [0.3, 0.4) is 0 Å². The number of anilines is 1. The number of rotatable bonds is 2. The van der Waals surface area contributed by atoms with Crippen LogP contribution >= 0.6 is 15.9 Å². The highest BCUT2D eigenvalue weighted by Gasteiger charge is 2.16. The number of carbonyl (C=O) groups is 1. The second-order valence-electron chi connectivity index (χ2n) is 3.15. The standard InChI is InChI=1S/C9H7BrFN5O/c1-16-14-9(13-15-16)12-8(17)7-5(10)3-2-4-6(7)11/h2-4H,1H3,(H,12,14,17). The van der Waals surface area contributed by atoms with Gasteiger partial charge in [0.05, 0.1) is 12.6 Å². The molecular formula is C9H7BrFN5O. The van der Waals surface area contributed by atoms with Crippen LogP contribution in [-0.4, -0.2) is 26.1 Å². The summed E-state index contributed by atoms with van der Waals surface area (Å²) >= 11 is 3.10. The predicted octanol–water partition coefficient (Wildman–Crippen LogP) is 1.36. The van der Waals surface area contributed by atoms with Gasteiger partial charge in [-0.2, -0.15) is 4.80 Å². The molecule has 8 heteroatoms. The van der Waals surface area contributed by atoms with Crippen LogP contribution in [0.5, 0.6) is 0 Å². The molecule has 1 aromatic carbocycles. The number of halogens is 2. The molecule has 0 saturated carbocycles. The van der Waals surface area contributed by atoms with Gasteiger partial charge in [-0.15, -0.1) is 5.10 Å². The lowest BCUT2D eigenvalue weighted by atomic mass is 10.2. The van der Waals surface area contributed by atoms with Crippen molar-refractivity contribution in [1.29, 1.82) is 0 Å². The van der Waals surface area contributed by atoms with Crippen LogP contribution in [-0.2, 0) is 7.05 Å². The minimum absolute atomic E-state index is 0.0210. The van der Waals surface area contributed by atoms with Gasteiger partial charge in [0.2, 0.25) is 0 Å². The summed E-state index contributed by atoms with van der Waals surface area (Å²) < 4.78 is 13.8. The van der Waals surface area contributed by atoms with E-state index in [1.54, 1.807) is 13.1 Å². The molecule has 88 valence electrons. The lowest BCUT2D eigenvalue weighted by Crippen LogP contribution is -2.15. The van der Waals surface area contributed by atoms with Crippen molar-refractivity contribution in [3.8, 4) is 0 Å². The Hall–Kier alpha value is -1.83. The van der Waals surface area contributed by atoms with Gasteiger partial charge < -0.3 is 0 Å². The number of aromatic nitrogens is 4. The molecule has 1 amide bonds. The van der Waals surface area contributed by atoms with Gasteiger partial charge in [0.25, 0.3) is 11.9 Å². The predicted molar refractivity (Wildman–Crippen MR) is 60.9 cm³/mol. The van der Waals surface area contributed by atoms with Crippen molar-refractivity contribution < 1.29 is 9.18 Å². The Morgan fingerprint density at radius 1 is 1.53 bits per heavy atom. The number of nitrogens with zero attached hydrogens (tertiary/aromatic N) is 4. The van der Waals surface area contributed by atoms with Crippen LogP contribution in [0.4, 0.5) is 10.3 Å². The number of aryl methyl sites for hydroxylation is 1. The lowest BCUT2D eigenvalue weighted by Gasteiger charge is -2.04. The summed E-state index contributed by atoms with van der Waals surface area (Å²) in [5.41, 5.74) is -0.0973. The first-order valence-corrected chi connectivity index (χ1v) is 5.36. The molecule has 1 aromatic heterocycles. The van der Waals surface area contributed by atoms with E-state index in [2.05, 4.69) is 36.7 Å².